The van der Waals surface area contributed by atoms with Crippen molar-refractivity contribution in [1.82, 2.24) is 9.88 Å². The maximum atomic E-state index is 13.1. The topological polar surface area (TPSA) is 89.4 Å². The van der Waals surface area contributed by atoms with Gasteiger partial charge in [0, 0.05) is 28.7 Å². The van der Waals surface area contributed by atoms with E-state index in [0.29, 0.717) is 27.2 Å². The molecule has 0 aliphatic heterocycles. The first-order valence-electron chi connectivity index (χ1n) is 11.1. The van der Waals surface area contributed by atoms with E-state index in [4.69, 9.17) is 16.3 Å². The number of carbonyl (C=O) groups excluding carboxylic acids is 2. The first kappa shape index (κ1) is 24.0. The Balaban J connectivity index is 1.69. The van der Waals surface area contributed by atoms with E-state index in [9.17, 15) is 14.4 Å². The number of amides is 2. The molecule has 0 saturated carbocycles. The van der Waals surface area contributed by atoms with Crippen LogP contribution in [-0.2, 0) is 18.3 Å². The van der Waals surface area contributed by atoms with Crippen LogP contribution in [0.25, 0.3) is 21.9 Å². The number of esters is 1. The largest absolute Gasteiger partial charge is 0.462 e. The molecule has 2 N–H and O–H groups in total. The van der Waals surface area contributed by atoms with Gasteiger partial charge in [0.15, 0.2) is 0 Å². The minimum absolute atomic E-state index is 0.0613. The van der Waals surface area contributed by atoms with Crippen molar-refractivity contribution in [2.75, 3.05) is 11.9 Å². The lowest BCUT2D eigenvalue weighted by Crippen LogP contribution is -2.32. The molecule has 0 saturated heterocycles. The van der Waals surface area contributed by atoms with Crippen LogP contribution in [0, 0.1) is 0 Å². The summed E-state index contributed by atoms with van der Waals surface area (Å²) in [5.74, 6) is -0.524. The first-order valence-corrected chi connectivity index (χ1v) is 11.5. The van der Waals surface area contributed by atoms with Crippen molar-refractivity contribution in [3.63, 3.8) is 0 Å². The van der Waals surface area contributed by atoms with E-state index in [1.807, 2.05) is 30.3 Å². The number of ether oxygens (including phenoxy) is 1. The van der Waals surface area contributed by atoms with Crippen LogP contribution in [0.2, 0.25) is 5.02 Å². The summed E-state index contributed by atoms with van der Waals surface area (Å²) in [4.78, 5) is 38.1. The zero-order valence-electron chi connectivity index (χ0n) is 19.3. The van der Waals surface area contributed by atoms with Crippen molar-refractivity contribution in [2.24, 2.45) is 7.05 Å². The fourth-order valence-corrected chi connectivity index (χ4v) is 4.15. The number of rotatable bonds is 6. The number of para-hydroxylation sites is 1. The Kier molecular flexibility index (Phi) is 7.17. The summed E-state index contributed by atoms with van der Waals surface area (Å²) in [5.41, 5.74) is 2.69. The van der Waals surface area contributed by atoms with Crippen molar-refractivity contribution in [3.05, 3.63) is 99.4 Å². The third-order valence-electron chi connectivity index (χ3n) is 5.63. The Morgan fingerprint density at radius 1 is 0.971 bits per heavy atom. The number of pyridine rings is 1. The molecule has 0 bridgehead atoms. The molecule has 0 atom stereocenters. The molecule has 0 aliphatic carbocycles. The van der Waals surface area contributed by atoms with E-state index in [1.165, 1.54) is 4.57 Å². The van der Waals surface area contributed by atoms with E-state index in [2.05, 4.69) is 10.6 Å². The molecule has 2 amide bonds. The maximum absolute atomic E-state index is 13.1. The number of halogens is 1. The van der Waals surface area contributed by atoms with E-state index < -0.39 is 12.0 Å². The summed E-state index contributed by atoms with van der Waals surface area (Å²) >= 11 is 6.28. The standard InChI is InChI=1S/C27H24ClN3O4/c1-3-35-26(33)20-11-7-8-12-22(20)30-27(34)29-16-23-24(17-9-5-4-6-10-17)21-15-18(28)13-14-19(21)25(32)31(23)2/h4-15H,3,16H2,1-2H3,(H2,29,30,34). The quantitative estimate of drug-likeness (QED) is 0.357. The van der Waals surface area contributed by atoms with Crippen molar-refractivity contribution in [1.29, 1.82) is 0 Å². The highest BCUT2D eigenvalue weighted by Gasteiger charge is 2.18. The third kappa shape index (κ3) is 5.05. The van der Waals surface area contributed by atoms with Crippen LogP contribution in [0.15, 0.2) is 77.6 Å². The van der Waals surface area contributed by atoms with E-state index in [1.54, 1.807) is 56.4 Å². The minimum Gasteiger partial charge on any atom is -0.462 e. The van der Waals surface area contributed by atoms with Gasteiger partial charge in [-0.15, -0.1) is 0 Å². The van der Waals surface area contributed by atoms with Gasteiger partial charge in [-0.25, -0.2) is 9.59 Å². The predicted octanol–water partition coefficient (Wildman–Crippen LogP) is 5.36. The third-order valence-corrected chi connectivity index (χ3v) is 5.86. The predicted molar refractivity (Wildman–Crippen MR) is 138 cm³/mol. The zero-order valence-corrected chi connectivity index (χ0v) is 20.1. The molecule has 1 heterocycles. The molecule has 3 aromatic carbocycles. The van der Waals surface area contributed by atoms with E-state index in [-0.39, 0.29) is 24.3 Å². The molecule has 0 aliphatic rings. The van der Waals surface area contributed by atoms with Gasteiger partial charge >= 0.3 is 12.0 Å². The molecule has 1 aromatic heterocycles. The molecule has 0 unspecified atom stereocenters. The highest BCUT2D eigenvalue weighted by molar-refractivity contribution is 6.31. The number of hydrogen-bond acceptors (Lipinski definition) is 4. The Morgan fingerprint density at radius 2 is 1.69 bits per heavy atom. The highest BCUT2D eigenvalue weighted by atomic mass is 35.5. The number of nitrogens with one attached hydrogen (secondary N) is 2. The van der Waals surface area contributed by atoms with E-state index >= 15 is 0 Å². The molecular weight excluding hydrogens is 466 g/mol. The second-order valence-corrected chi connectivity index (χ2v) is 8.25. The molecular formula is C27H24ClN3O4. The number of urea groups is 1. The Morgan fingerprint density at radius 3 is 2.43 bits per heavy atom. The van der Waals surface area contributed by atoms with Crippen molar-refractivity contribution in [2.45, 2.75) is 13.5 Å². The van der Waals surface area contributed by atoms with Crippen molar-refractivity contribution in [3.8, 4) is 11.1 Å². The van der Waals surface area contributed by atoms with Crippen LogP contribution in [0.1, 0.15) is 23.0 Å². The number of hydrogen-bond donors (Lipinski definition) is 2. The van der Waals surface area contributed by atoms with Crippen LogP contribution >= 0.6 is 11.6 Å². The lowest BCUT2D eigenvalue weighted by Gasteiger charge is -2.19. The van der Waals surface area contributed by atoms with Crippen molar-refractivity contribution >= 4 is 40.1 Å². The molecule has 7 nitrogen and oxygen atoms in total. The summed E-state index contributed by atoms with van der Waals surface area (Å²) < 4.78 is 6.60. The number of aromatic nitrogens is 1. The van der Waals surface area contributed by atoms with Crippen LogP contribution < -0.4 is 16.2 Å². The molecule has 0 spiro atoms. The molecule has 0 fully saturated rings. The second kappa shape index (κ2) is 10.4. The van der Waals surface area contributed by atoms with Crippen LogP contribution in [0.3, 0.4) is 0 Å². The Hall–Kier alpha value is -4.10. The van der Waals surface area contributed by atoms with Gasteiger partial charge in [-0.1, -0.05) is 54.1 Å². The summed E-state index contributed by atoms with van der Waals surface area (Å²) in [6, 6.07) is 20.9. The maximum Gasteiger partial charge on any atom is 0.340 e. The lowest BCUT2D eigenvalue weighted by molar-refractivity contribution is 0.0527. The van der Waals surface area contributed by atoms with Gasteiger partial charge < -0.3 is 19.9 Å². The minimum atomic E-state index is -0.528. The number of nitrogens with zero attached hydrogens (tertiary/aromatic N) is 1. The Bertz CT molecular complexity index is 1470. The SMILES string of the molecule is CCOC(=O)c1ccccc1NC(=O)NCc1c(-c2ccccc2)c2cc(Cl)ccc2c(=O)n1C. The van der Waals surface area contributed by atoms with Gasteiger partial charge in [0.1, 0.15) is 0 Å². The second-order valence-electron chi connectivity index (χ2n) is 7.82. The number of fused-ring (bicyclic) bond motifs is 1. The molecule has 4 rings (SSSR count). The molecule has 178 valence electrons. The fraction of sp³-hybridized carbons (Fsp3) is 0.148. The molecule has 8 heteroatoms. The summed E-state index contributed by atoms with van der Waals surface area (Å²) in [7, 11) is 1.67. The van der Waals surface area contributed by atoms with Gasteiger partial charge in [0.2, 0.25) is 0 Å². The normalized spacial score (nSPS) is 10.7. The molecule has 4 aromatic rings. The lowest BCUT2D eigenvalue weighted by atomic mass is 9.96. The average molecular weight is 490 g/mol. The summed E-state index contributed by atoms with van der Waals surface area (Å²) in [6.07, 6.45) is 0. The van der Waals surface area contributed by atoms with Gasteiger partial charge in [-0.05, 0) is 48.2 Å². The Labute approximate surface area is 207 Å². The van der Waals surface area contributed by atoms with Gasteiger partial charge in [-0.3, -0.25) is 4.79 Å². The van der Waals surface area contributed by atoms with Gasteiger partial charge in [0.05, 0.1) is 24.4 Å². The molecule has 0 radical (unpaired) electrons. The van der Waals surface area contributed by atoms with Crippen LogP contribution in [0.5, 0.6) is 0 Å². The highest BCUT2D eigenvalue weighted by Crippen LogP contribution is 2.32. The van der Waals surface area contributed by atoms with Gasteiger partial charge in [-0.2, -0.15) is 0 Å². The first-order chi connectivity index (χ1) is 16.9. The monoisotopic (exact) mass is 489 g/mol. The number of benzene rings is 3. The smallest absolute Gasteiger partial charge is 0.340 e. The summed E-state index contributed by atoms with van der Waals surface area (Å²) in [6.45, 7) is 2.00. The van der Waals surface area contributed by atoms with Crippen LogP contribution in [-0.4, -0.2) is 23.2 Å². The number of carbonyl (C=O) groups is 2. The number of anilines is 1. The zero-order chi connectivity index (χ0) is 24.9. The molecule has 35 heavy (non-hydrogen) atoms. The van der Waals surface area contributed by atoms with E-state index in [0.717, 1.165) is 11.1 Å². The van der Waals surface area contributed by atoms with Crippen molar-refractivity contribution < 1.29 is 14.3 Å². The average Bonchev–Trinajstić information content (AvgIpc) is 2.86. The fourth-order valence-electron chi connectivity index (χ4n) is 3.98. The van der Waals surface area contributed by atoms with Crippen LogP contribution in [0.4, 0.5) is 10.5 Å². The summed E-state index contributed by atoms with van der Waals surface area (Å²) in [5, 5.41) is 7.26. The van der Waals surface area contributed by atoms with Gasteiger partial charge in [0.25, 0.3) is 5.56 Å².